The zero-order valence-electron chi connectivity index (χ0n) is 12.3. The predicted molar refractivity (Wildman–Crippen MR) is 89.4 cm³/mol. The van der Waals surface area contributed by atoms with Gasteiger partial charge in [-0.15, -0.1) is 0 Å². The lowest BCUT2D eigenvalue weighted by Gasteiger charge is -2.15. The summed E-state index contributed by atoms with van der Waals surface area (Å²) in [6.07, 6.45) is 0. The largest absolute Gasteiger partial charge is 0.459 e. The molecule has 5 nitrogen and oxygen atoms in total. The van der Waals surface area contributed by atoms with Crippen molar-refractivity contribution in [3.63, 3.8) is 0 Å². The fourth-order valence-electron chi connectivity index (χ4n) is 2.38. The van der Waals surface area contributed by atoms with E-state index in [4.69, 9.17) is 27.9 Å². The highest BCUT2D eigenvalue weighted by Crippen LogP contribution is 2.28. The predicted octanol–water partition coefficient (Wildman–Crippen LogP) is 3.27. The average Bonchev–Trinajstić information content (AvgIpc) is 2.79. The molecular weight excluding hydrogens is 353 g/mol. The van der Waals surface area contributed by atoms with Crippen molar-refractivity contribution in [3.05, 3.63) is 63.6 Å². The summed E-state index contributed by atoms with van der Waals surface area (Å²) in [5.41, 5.74) is 1.30. The number of anilines is 1. The maximum atomic E-state index is 12.0. The Balaban J connectivity index is 1.67. The van der Waals surface area contributed by atoms with E-state index in [9.17, 15) is 14.4 Å². The molecule has 1 heterocycles. The summed E-state index contributed by atoms with van der Waals surface area (Å²) >= 11 is 11.8. The van der Waals surface area contributed by atoms with Crippen molar-refractivity contribution in [3.8, 4) is 0 Å². The summed E-state index contributed by atoms with van der Waals surface area (Å²) in [7, 11) is 0. The number of benzene rings is 2. The fraction of sp³-hybridized carbons (Fsp3) is 0.118. The Kier molecular flexibility index (Phi) is 4.55. The van der Waals surface area contributed by atoms with E-state index in [0.717, 1.165) is 4.90 Å². The Hall–Kier alpha value is -2.37. The van der Waals surface area contributed by atoms with Crippen molar-refractivity contribution in [1.29, 1.82) is 0 Å². The van der Waals surface area contributed by atoms with E-state index < -0.39 is 17.7 Å². The topological polar surface area (TPSA) is 63.7 Å². The van der Waals surface area contributed by atoms with Crippen LogP contribution in [0.4, 0.5) is 5.69 Å². The van der Waals surface area contributed by atoms with Gasteiger partial charge in [0.1, 0.15) is 13.2 Å². The quantitative estimate of drug-likeness (QED) is 0.617. The van der Waals surface area contributed by atoms with Gasteiger partial charge >= 0.3 is 5.97 Å². The van der Waals surface area contributed by atoms with Gasteiger partial charge in [0.2, 0.25) is 0 Å². The number of ether oxygens (including phenoxy) is 1. The van der Waals surface area contributed by atoms with E-state index in [1.165, 1.54) is 0 Å². The standard InChI is InChI=1S/C17H11Cl2NO4/c18-11-6-5-10(13(19)7-11)9-24-15(21)8-20-14-4-2-1-3-12(14)16(22)17(20)23/h1-7H,8-9H2. The molecule has 0 unspecified atom stereocenters. The van der Waals surface area contributed by atoms with Crippen LogP contribution in [-0.2, 0) is 20.9 Å². The number of Topliss-reactive ketones (excluding diaryl/α,β-unsaturated/α-hetero) is 1. The Morgan fingerprint density at radius 3 is 2.58 bits per heavy atom. The smallest absolute Gasteiger partial charge is 0.326 e. The number of carbonyl (C=O) groups excluding carboxylic acids is 3. The molecule has 0 fully saturated rings. The lowest BCUT2D eigenvalue weighted by Crippen LogP contribution is -2.35. The molecule has 2 aromatic rings. The Bertz CT molecular complexity index is 850. The molecule has 0 radical (unpaired) electrons. The van der Waals surface area contributed by atoms with Crippen LogP contribution in [-0.4, -0.2) is 24.2 Å². The number of fused-ring (bicyclic) bond motifs is 1. The van der Waals surface area contributed by atoms with Crippen LogP contribution in [0, 0.1) is 0 Å². The van der Waals surface area contributed by atoms with Crippen LogP contribution in [0.5, 0.6) is 0 Å². The molecule has 7 heteroatoms. The second-order valence-electron chi connectivity index (χ2n) is 5.13. The molecule has 0 spiro atoms. The molecule has 122 valence electrons. The van der Waals surface area contributed by atoms with Gasteiger partial charge in [0.15, 0.2) is 0 Å². The van der Waals surface area contributed by atoms with Crippen LogP contribution in [0.2, 0.25) is 10.0 Å². The van der Waals surface area contributed by atoms with Crippen LogP contribution >= 0.6 is 23.2 Å². The van der Waals surface area contributed by atoms with E-state index in [0.29, 0.717) is 21.3 Å². The average molecular weight is 364 g/mol. The van der Waals surface area contributed by atoms with Crippen molar-refractivity contribution in [2.45, 2.75) is 6.61 Å². The monoisotopic (exact) mass is 363 g/mol. The van der Waals surface area contributed by atoms with Crippen molar-refractivity contribution in [2.24, 2.45) is 0 Å². The third-order valence-corrected chi connectivity index (χ3v) is 4.16. The lowest BCUT2D eigenvalue weighted by atomic mass is 10.1. The number of hydrogen-bond acceptors (Lipinski definition) is 4. The van der Waals surface area contributed by atoms with Crippen molar-refractivity contribution in [2.75, 3.05) is 11.4 Å². The second-order valence-corrected chi connectivity index (χ2v) is 5.98. The number of para-hydroxylation sites is 1. The minimum Gasteiger partial charge on any atom is -0.459 e. The van der Waals surface area contributed by atoms with Crippen LogP contribution in [0.15, 0.2) is 42.5 Å². The molecular formula is C17H11Cl2NO4. The molecule has 0 aliphatic carbocycles. The van der Waals surface area contributed by atoms with Gasteiger partial charge in [-0.25, -0.2) is 0 Å². The molecule has 0 saturated carbocycles. The van der Waals surface area contributed by atoms with Crippen LogP contribution < -0.4 is 4.90 Å². The van der Waals surface area contributed by atoms with Gasteiger partial charge in [0.25, 0.3) is 11.7 Å². The van der Waals surface area contributed by atoms with E-state index in [-0.39, 0.29) is 18.7 Å². The molecule has 1 aliphatic heterocycles. The summed E-state index contributed by atoms with van der Waals surface area (Å²) in [6.45, 7) is -0.390. The van der Waals surface area contributed by atoms with Crippen LogP contribution in [0.25, 0.3) is 0 Å². The number of amides is 1. The maximum Gasteiger partial charge on any atom is 0.326 e. The zero-order valence-corrected chi connectivity index (χ0v) is 13.8. The van der Waals surface area contributed by atoms with Gasteiger partial charge in [-0.3, -0.25) is 19.3 Å². The summed E-state index contributed by atoms with van der Waals surface area (Å²) < 4.78 is 5.14. The molecule has 0 bridgehead atoms. The Morgan fingerprint density at radius 2 is 1.83 bits per heavy atom. The van der Waals surface area contributed by atoms with Gasteiger partial charge in [-0.1, -0.05) is 41.4 Å². The van der Waals surface area contributed by atoms with E-state index in [1.54, 1.807) is 42.5 Å². The van der Waals surface area contributed by atoms with E-state index >= 15 is 0 Å². The molecule has 0 aromatic heterocycles. The number of ketones is 1. The number of rotatable bonds is 4. The first kappa shape index (κ1) is 16.5. The summed E-state index contributed by atoms with van der Waals surface area (Å²) in [5, 5.41) is 0.862. The first-order chi connectivity index (χ1) is 11.5. The van der Waals surface area contributed by atoms with Gasteiger partial charge in [0, 0.05) is 15.6 Å². The molecule has 2 aromatic carbocycles. The SMILES string of the molecule is O=C(CN1C(=O)C(=O)c2ccccc21)OCc1ccc(Cl)cc1Cl. The van der Waals surface area contributed by atoms with Crippen LogP contribution in [0.3, 0.4) is 0 Å². The number of hydrogen-bond donors (Lipinski definition) is 0. The van der Waals surface area contributed by atoms with Crippen molar-refractivity contribution < 1.29 is 19.1 Å². The molecule has 1 amide bonds. The molecule has 1 aliphatic rings. The molecule has 0 saturated heterocycles. The Morgan fingerprint density at radius 1 is 1.08 bits per heavy atom. The highest BCUT2D eigenvalue weighted by molar-refractivity contribution is 6.52. The maximum absolute atomic E-state index is 12.0. The third-order valence-electron chi connectivity index (χ3n) is 3.57. The minimum atomic E-state index is -0.738. The van der Waals surface area contributed by atoms with E-state index in [2.05, 4.69) is 0 Å². The fourth-order valence-corrected chi connectivity index (χ4v) is 2.84. The van der Waals surface area contributed by atoms with Gasteiger partial charge < -0.3 is 4.74 Å². The van der Waals surface area contributed by atoms with Crippen LogP contribution in [0.1, 0.15) is 15.9 Å². The molecule has 3 rings (SSSR count). The number of nitrogens with zero attached hydrogens (tertiary/aromatic N) is 1. The van der Waals surface area contributed by atoms with Crippen molar-refractivity contribution >= 4 is 46.5 Å². The molecule has 24 heavy (non-hydrogen) atoms. The molecule has 0 N–H and O–H groups in total. The third kappa shape index (κ3) is 3.13. The first-order valence-corrected chi connectivity index (χ1v) is 7.77. The highest BCUT2D eigenvalue weighted by atomic mass is 35.5. The number of carbonyl (C=O) groups is 3. The van der Waals surface area contributed by atoms with Gasteiger partial charge in [-0.05, 0) is 24.3 Å². The van der Waals surface area contributed by atoms with Crippen molar-refractivity contribution in [1.82, 2.24) is 0 Å². The number of halogens is 2. The highest BCUT2D eigenvalue weighted by Gasteiger charge is 2.36. The first-order valence-electron chi connectivity index (χ1n) is 7.02. The minimum absolute atomic E-state index is 0.0491. The summed E-state index contributed by atoms with van der Waals surface area (Å²) in [6, 6.07) is 11.3. The zero-order chi connectivity index (χ0) is 17.3. The Labute approximate surface area is 147 Å². The van der Waals surface area contributed by atoms with Gasteiger partial charge in [-0.2, -0.15) is 0 Å². The lowest BCUT2D eigenvalue weighted by molar-refractivity contribution is -0.143. The van der Waals surface area contributed by atoms with Gasteiger partial charge in [0.05, 0.1) is 11.3 Å². The summed E-state index contributed by atoms with van der Waals surface area (Å²) in [4.78, 5) is 37.0. The second kappa shape index (κ2) is 6.63. The normalized spacial score (nSPS) is 13.2. The number of esters is 1. The summed E-state index contributed by atoms with van der Waals surface area (Å²) in [5.74, 6) is -2.00. The van der Waals surface area contributed by atoms with E-state index in [1.807, 2.05) is 0 Å². The molecule has 0 atom stereocenters.